The van der Waals surface area contributed by atoms with Crippen LogP contribution in [0.2, 0.25) is 0 Å². The Morgan fingerprint density at radius 2 is 1.86 bits per heavy atom. The standard InChI is InChI=1S/C13H25N5O2S.C2HF3O2/c1-5-16(6-2)8-13-10-17(21(19,20)15(3)4)9-12-7-14-11-18(12)13;3-2(4,5)1(6)7/h7,11,13H,5-6,8-10H2,1-4H3;(H,6,7). The lowest BCUT2D eigenvalue weighted by Crippen LogP contribution is -2.48. The molecule has 0 saturated carbocycles. The molecule has 0 amide bonds. The van der Waals surface area contributed by atoms with E-state index in [2.05, 4.69) is 28.3 Å². The Morgan fingerprint density at radius 1 is 1.32 bits per heavy atom. The fourth-order valence-corrected chi connectivity index (χ4v) is 3.80. The molecule has 0 fully saturated rings. The van der Waals surface area contributed by atoms with Crippen LogP contribution < -0.4 is 0 Å². The minimum absolute atomic E-state index is 0.103. The highest BCUT2D eigenvalue weighted by molar-refractivity contribution is 7.86. The quantitative estimate of drug-likeness (QED) is 0.725. The summed E-state index contributed by atoms with van der Waals surface area (Å²) in [6.45, 7) is 7.85. The third-order valence-corrected chi connectivity index (χ3v) is 6.14. The van der Waals surface area contributed by atoms with E-state index in [-0.39, 0.29) is 6.04 Å². The Bertz CT molecular complexity index is 747. The highest BCUT2D eigenvalue weighted by Gasteiger charge is 2.38. The largest absolute Gasteiger partial charge is 0.490 e. The Labute approximate surface area is 162 Å². The first kappa shape index (κ1) is 24.3. The zero-order valence-electron chi connectivity index (χ0n) is 16.2. The molecule has 1 N–H and O–H groups in total. The molecule has 1 aliphatic heterocycles. The van der Waals surface area contributed by atoms with Gasteiger partial charge in [-0.25, -0.2) is 9.78 Å². The molecule has 9 nitrogen and oxygen atoms in total. The number of likely N-dealkylation sites (N-methyl/N-ethyl adjacent to an activating group) is 1. The molecule has 2 rings (SSSR count). The van der Waals surface area contributed by atoms with Gasteiger partial charge in [-0.05, 0) is 13.1 Å². The molecule has 1 atom stereocenters. The van der Waals surface area contributed by atoms with Crippen molar-refractivity contribution in [3.05, 3.63) is 18.2 Å². The van der Waals surface area contributed by atoms with Gasteiger partial charge < -0.3 is 14.6 Å². The molecule has 28 heavy (non-hydrogen) atoms. The van der Waals surface area contributed by atoms with E-state index in [0.29, 0.717) is 13.1 Å². The first-order chi connectivity index (χ1) is 12.8. The molecule has 0 aromatic carbocycles. The van der Waals surface area contributed by atoms with Gasteiger partial charge in [0.2, 0.25) is 0 Å². The first-order valence-corrected chi connectivity index (χ1v) is 9.95. The summed E-state index contributed by atoms with van der Waals surface area (Å²) in [7, 11) is -0.256. The third-order valence-electron chi connectivity index (χ3n) is 4.29. The number of imidazole rings is 1. The second-order valence-corrected chi connectivity index (χ2v) is 8.46. The van der Waals surface area contributed by atoms with Gasteiger partial charge in [-0.1, -0.05) is 13.8 Å². The summed E-state index contributed by atoms with van der Waals surface area (Å²) in [6.07, 6.45) is -1.52. The summed E-state index contributed by atoms with van der Waals surface area (Å²) in [4.78, 5) is 15.4. The Hall–Kier alpha value is -1.70. The van der Waals surface area contributed by atoms with Crippen molar-refractivity contribution in [3.63, 3.8) is 0 Å². The normalized spacial score (nSPS) is 18.0. The van der Waals surface area contributed by atoms with Gasteiger partial charge in [0.05, 0.1) is 24.6 Å². The lowest BCUT2D eigenvalue weighted by Gasteiger charge is -2.37. The Morgan fingerprint density at radius 3 is 2.29 bits per heavy atom. The van der Waals surface area contributed by atoms with Gasteiger partial charge in [0.1, 0.15) is 0 Å². The van der Waals surface area contributed by atoms with Gasteiger partial charge >= 0.3 is 12.1 Å². The van der Waals surface area contributed by atoms with Crippen LogP contribution in [0.4, 0.5) is 13.2 Å². The minimum atomic E-state index is -5.08. The van der Waals surface area contributed by atoms with Crippen LogP contribution in [0.1, 0.15) is 25.6 Å². The van der Waals surface area contributed by atoms with Crippen molar-refractivity contribution in [1.29, 1.82) is 0 Å². The van der Waals surface area contributed by atoms with Gasteiger partial charge in [-0.3, -0.25) is 0 Å². The van der Waals surface area contributed by atoms with Gasteiger partial charge in [0.15, 0.2) is 0 Å². The predicted octanol–water partition coefficient (Wildman–Crippen LogP) is 1.02. The Balaban J connectivity index is 0.000000480. The molecule has 2 heterocycles. The van der Waals surface area contributed by atoms with E-state index in [1.807, 2.05) is 6.33 Å². The summed E-state index contributed by atoms with van der Waals surface area (Å²) in [5.74, 6) is -2.76. The lowest BCUT2D eigenvalue weighted by atomic mass is 10.2. The van der Waals surface area contributed by atoms with Crippen molar-refractivity contribution >= 4 is 16.2 Å². The fraction of sp³-hybridized carbons (Fsp3) is 0.733. The lowest BCUT2D eigenvalue weighted by molar-refractivity contribution is -0.192. The summed E-state index contributed by atoms with van der Waals surface area (Å²) >= 11 is 0. The Kier molecular flexibility index (Phi) is 8.41. The van der Waals surface area contributed by atoms with Gasteiger partial charge in [-0.2, -0.15) is 30.2 Å². The van der Waals surface area contributed by atoms with Crippen LogP contribution in [0.15, 0.2) is 12.5 Å². The van der Waals surface area contributed by atoms with Crippen LogP contribution in [-0.2, 0) is 21.5 Å². The number of alkyl halides is 3. The number of carbonyl (C=O) groups is 1. The SMILES string of the molecule is CCN(CC)CC1CN(S(=O)(=O)N(C)C)Cc2cncn21.O=C(O)C(F)(F)F. The molecule has 1 unspecified atom stereocenters. The monoisotopic (exact) mass is 429 g/mol. The maximum atomic E-state index is 12.4. The van der Waals surface area contributed by atoms with E-state index in [4.69, 9.17) is 9.90 Å². The van der Waals surface area contributed by atoms with Crippen LogP contribution >= 0.6 is 0 Å². The van der Waals surface area contributed by atoms with Crippen molar-refractivity contribution < 1.29 is 31.5 Å². The van der Waals surface area contributed by atoms with Gasteiger partial charge in [-0.15, -0.1) is 0 Å². The molecule has 0 bridgehead atoms. The predicted molar refractivity (Wildman–Crippen MR) is 95.8 cm³/mol. The van der Waals surface area contributed by atoms with E-state index in [1.54, 1.807) is 20.3 Å². The number of halogens is 3. The van der Waals surface area contributed by atoms with Crippen LogP contribution in [0.3, 0.4) is 0 Å². The van der Waals surface area contributed by atoms with Crippen LogP contribution in [0, 0.1) is 0 Å². The maximum absolute atomic E-state index is 12.4. The van der Waals surface area contributed by atoms with Crippen LogP contribution in [0.5, 0.6) is 0 Å². The maximum Gasteiger partial charge on any atom is 0.490 e. The number of fused-ring (bicyclic) bond motifs is 1. The van der Waals surface area contributed by atoms with Crippen molar-refractivity contribution in [2.75, 3.05) is 40.3 Å². The summed E-state index contributed by atoms with van der Waals surface area (Å²) in [6, 6.07) is 0.103. The zero-order chi connectivity index (χ0) is 21.7. The highest BCUT2D eigenvalue weighted by atomic mass is 32.2. The van der Waals surface area contributed by atoms with E-state index < -0.39 is 22.4 Å². The van der Waals surface area contributed by atoms with Gasteiger partial charge in [0, 0.05) is 33.4 Å². The molecule has 1 aromatic rings. The molecule has 0 aliphatic carbocycles. The molecule has 1 aromatic heterocycles. The van der Waals surface area contributed by atoms with Gasteiger partial charge in [0.25, 0.3) is 10.2 Å². The van der Waals surface area contributed by atoms with Crippen molar-refractivity contribution in [2.45, 2.75) is 32.6 Å². The van der Waals surface area contributed by atoms with E-state index in [0.717, 1.165) is 25.3 Å². The zero-order valence-corrected chi connectivity index (χ0v) is 17.0. The molecule has 1 aliphatic rings. The number of rotatable bonds is 6. The minimum Gasteiger partial charge on any atom is -0.475 e. The summed E-state index contributed by atoms with van der Waals surface area (Å²) in [5, 5.41) is 7.12. The van der Waals surface area contributed by atoms with E-state index in [9.17, 15) is 21.6 Å². The molecular weight excluding hydrogens is 403 g/mol. The number of aliphatic carboxylic acids is 1. The number of nitrogens with zero attached hydrogens (tertiary/aromatic N) is 5. The smallest absolute Gasteiger partial charge is 0.475 e. The second kappa shape index (κ2) is 9.67. The van der Waals surface area contributed by atoms with Crippen LogP contribution in [-0.4, -0.2) is 89.0 Å². The molecule has 0 saturated heterocycles. The van der Waals surface area contributed by atoms with Crippen molar-refractivity contribution in [3.8, 4) is 0 Å². The van der Waals surface area contributed by atoms with E-state index >= 15 is 0 Å². The van der Waals surface area contributed by atoms with Crippen LogP contribution in [0.25, 0.3) is 0 Å². The molecule has 13 heteroatoms. The van der Waals surface area contributed by atoms with E-state index in [1.165, 1.54) is 8.61 Å². The summed E-state index contributed by atoms with van der Waals surface area (Å²) in [5.41, 5.74) is 0.948. The fourth-order valence-electron chi connectivity index (χ4n) is 2.68. The molecule has 0 spiro atoms. The second-order valence-electron chi connectivity index (χ2n) is 6.32. The molecular formula is C15H26F3N5O4S. The third kappa shape index (κ3) is 6.15. The number of aromatic nitrogens is 2. The summed E-state index contributed by atoms with van der Waals surface area (Å²) < 4.78 is 61.5. The number of hydrogen-bond donors (Lipinski definition) is 1. The number of carboxylic acid groups (broad SMARTS) is 1. The average Bonchev–Trinajstić information content (AvgIpc) is 3.07. The highest BCUT2D eigenvalue weighted by Crippen LogP contribution is 2.24. The van der Waals surface area contributed by atoms with Crippen molar-refractivity contribution in [1.82, 2.24) is 23.1 Å². The first-order valence-electron chi connectivity index (χ1n) is 8.55. The topological polar surface area (TPSA) is 99.0 Å². The van der Waals surface area contributed by atoms with Crippen molar-refractivity contribution in [2.24, 2.45) is 0 Å². The molecule has 0 radical (unpaired) electrons. The average molecular weight is 429 g/mol. The molecule has 162 valence electrons. The number of hydrogen-bond acceptors (Lipinski definition) is 5. The number of carboxylic acids is 1.